The first-order valence-corrected chi connectivity index (χ1v) is 10.3. The molecular formula is C19H17FN4O3S2. The lowest BCUT2D eigenvalue weighted by Crippen LogP contribution is -2.24. The van der Waals surface area contributed by atoms with Gasteiger partial charge in [-0.2, -0.15) is 0 Å². The average Bonchev–Trinajstić information content (AvgIpc) is 3.19. The fraction of sp³-hybridized carbons (Fsp3) is 0.158. The number of aromatic nitrogens is 2. The van der Waals surface area contributed by atoms with E-state index in [1.54, 1.807) is 36.4 Å². The number of thioether (sulfide) groups is 1. The van der Waals surface area contributed by atoms with Crippen LogP contribution in [-0.2, 0) is 11.3 Å². The molecule has 0 aliphatic rings. The number of hydrogen-bond acceptors (Lipinski definition) is 7. The molecule has 29 heavy (non-hydrogen) atoms. The van der Waals surface area contributed by atoms with E-state index in [0.29, 0.717) is 27.3 Å². The number of ether oxygens (including phenoxy) is 1. The summed E-state index contributed by atoms with van der Waals surface area (Å²) in [6, 6.07) is 12.7. The first-order valence-electron chi connectivity index (χ1n) is 8.46. The number of rotatable bonds is 8. The molecule has 0 aliphatic heterocycles. The molecule has 0 radical (unpaired) electrons. The predicted octanol–water partition coefficient (Wildman–Crippen LogP) is 3.35. The summed E-state index contributed by atoms with van der Waals surface area (Å²) in [5, 5.41) is 13.7. The Bertz CT molecular complexity index is 995. The Hall–Kier alpha value is -2.98. The Kier molecular flexibility index (Phi) is 7.14. The van der Waals surface area contributed by atoms with E-state index in [4.69, 9.17) is 4.74 Å². The van der Waals surface area contributed by atoms with Crippen LogP contribution in [0.25, 0.3) is 0 Å². The van der Waals surface area contributed by atoms with Crippen LogP contribution in [-0.4, -0.2) is 34.9 Å². The highest BCUT2D eigenvalue weighted by Crippen LogP contribution is 2.26. The van der Waals surface area contributed by atoms with Crippen molar-refractivity contribution in [3.63, 3.8) is 0 Å². The highest BCUT2D eigenvalue weighted by atomic mass is 32.2. The van der Waals surface area contributed by atoms with Crippen LogP contribution in [0.3, 0.4) is 0 Å². The fourth-order valence-electron chi connectivity index (χ4n) is 2.23. The molecule has 0 spiro atoms. The zero-order valence-corrected chi connectivity index (χ0v) is 17.0. The van der Waals surface area contributed by atoms with Crippen molar-refractivity contribution in [1.29, 1.82) is 0 Å². The van der Waals surface area contributed by atoms with Crippen LogP contribution in [0.15, 0.2) is 52.9 Å². The number of anilines is 1. The second-order valence-corrected chi connectivity index (χ2v) is 7.95. The molecule has 3 rings (SSSR count). The quantitative estimate of drug-likeness (QED) is 0.419. The molecule has 2 N–H and O–H groups in total. The second kappa shape index (κ2) is 9.99. The molecule has 1 aromatic heterocycles. The van der Waals surface area contributed by atoms with Crippen molar-refractivity contribution < 1.29 is 18.7 Å². The lowest BCUT2D eigenvalue weighted by Gasteiger charge is -2.04. The summed E-state index contributed by atoms with van der Waals surface area (Å²) >= 11 is 2.40. The number of carbonyl (C=O) groups excluding carboxylic acids is 2. The minimum Gasteiger partial charge on any atom is -0.497 e. The third-order valence-corrected chi connectivity index (χ3v) is 5.66. The van der Waals surface area contributed by atoms with Gasteiger partial charge >= 0.3 is 0 Å². The van der Waals surface area contributed by atoms with Crippen molar-refractivity contribution in [2.45, 2.75) is 10.9 Å². The summed E-state index contributed by atoms with van der Waals surface area (Å²) in [7, 11) is 1.53. The number of benzene rings is 2. The normalized spacial score (nSPS) is 10.4. The smallest absolute Gasteiger partial charge is 0.257 e. The summed E-state index contributed by atoms with van der Waals surface area (Å²) in [5.74, 6) is -0.0937. The van der Waals surface area contributed by atoms with Gasteiger partial charge in [0.25, 0.3) is 5.91 Å². The number of hydrogen-bond donors (Lipinski definition) is 2. The highest BCUT2D eigenvalue weighted by Gasteiger charge is 2.12. The van der Waals surface area contributed by atoms with Gasteiger partial charge in [-0.05, 0) is 35.9 Å². The molecule has 0 saturated heterocycles. The second-order valence-electron chi connectivity index (χ2n) is 5.75. The Morgan fingerprint density at radius 2 is 1.97 bits per heavy atom. The maximum absolute atomic E-state index is 12.9. The third kappa shape index (κ3) is 6.26. The first kappa shape index (κ1) is 20.7. The summed E-state index contributed by atoms with van der Waals surface area (Å²) < 4.78 is 18.5. The van der Waals surface area contributed by atoms with Gasteiger partial charge in [-0.3, -0.25) is 14.9 Å². The van der Waals surface area contributed by atoms with Crippen molar-refractivity contribution in [2.24, 2.45) is 0 Å². The largest absolute Gasteiger partial charge is 0.497 e. The summed E-state index contributed by atoms with van der Waals surface area (Å²) in [4.78, 5) is 24.2. The molecule has 10 heteroatoms. The maximum Gasteiger partial charge on any atom is 0.257 e. The van der Waals surface area contributed by atoms with Gasteiger partial charge < -0.3 is 10.1 Å². The molecular weight excluding hydrogens is 415 g/mol. The number of amides is 2. The van der Waals surface area contributed by atoms with Crippen LogP contribution >= 0.6 is 23.1 Å². The van der Waals surface area contributed by atoms with Gasteiger partial charge in [0, 0.05) is 12.1 Å². The lowest BCUT2D eigenvalue weighted by molar-refractivity contribution is -0.118. The third-order valence-electron chi connectivity index (χ3n) is 3.69. The van der Waals surface area contributed by atoms with Crippen LogP contribution in [0.1, 0.15) is 15.9 Å². The summed E-state index contributed by atoms with van der Waals surface area (Å²) in [6.07, 6.45) is 0. The first-order chi connectivity index (χ1) is 14.0. The van der Waals surface area contributed by atoms with Gasteiger partial charge in [-0.1, -0.05) is 41.3 Å². The lowest BCUT2D eigenvalue weighted by atomic mass is 10.2. The van der Waals surface area contributed by atoms with Gasteiger partial charge in [0.2, 0.25) is 11.0 Å². The van der Waals surface area contributed by atoms with Gasteiger partial charge in [0.05, 0.1) is 12.9 Å². The minimum atomic E-state index is -0.325. The van der Waals surface area contributed by atoms with Crippen molar-refractivity contribution in [3.05, 3.63) is 65.5 Å². The molecule has 0 atom stereocenters. The zero-order valence-electron chi connectivity index (χ0n) is 15.3. The van der Waals surface area contributed by atoms with E-state index < -0.39 is 0 Å². The average molecular weight is 433 g/mol. The number of nitrogens with zero attached hydrogens (tertiary/aromatic N) is 2. The van der Waals surface area contributed by atoms with E-state index in [-0.39, 0.29) is 23.4 Å². The summed E-state index contributed by atoms with van der Waals surface area (Å²) in [6.45, 7) is 0.317. The van der Waals surface area contributed by atoms with E-state index in [2.05, 4.69) is 20.8 Å². The molecule has 1 heterocycles. The van der Waals surface area contributed by atoms with E-state index in [1.165, 1.54) is 42.3 Å². The molecule has 7 nitrogen and oxygen atoms in total. The molecule has 0 saturated carbocycles. The number of nitrogens with one attached hydrogen (secondary N) is 2. The van der Waals surface area contributed by atoms with Gasteiger partial charge in [-0.25, -0.2) is 4.39 Å². The Morgan fingerprint density at radius 3 is 2.72 bits per heavy atom. The van der Waals surface area contributed by atoms with Crippen LogP contribution < -0.4 is 15.4 Å². The zero-order chi connectivity index (χ0) is 20.6. The SMILES string of the molecule is COc1cccc(C(=O)Nc2nnc(SCC(=O)NCc3ccc(F)cc3)s2)c1. The Morgan fingerprint density at radius 1 is 1.17 bits per heavy atom. The van der Waals surface area contributed by atoms with Crippen LogP contribution in [0.5, 0.6) is 5.75 Å². The molecule has 0 fully saturated rings. The van der Waals surface area contributed by atoms with Gasteiger partial charge in [0.1, 0.15) is 11.6 Å². The van der Waals surface area contributed by atoms with Crippen LogP contribution in [0, 0.1) is 5.82 Å². The number of halogens is 1. The van der Waals surface area contributed by atoms with Gasteiger partial charge in [-0.15, -0.1) is 10.2 Å². The number of carbonyl (C=O) groups is 2. The van der Waals surface area contributed by atoms with E-state index in [1.807, 2.05) is 0 Å². The van der Waals surface area contributed by atoms with Crippen molar-refractivity contribution in [1.82, 2.24) is 15.5 Å². The molecule has 3 aromatic rings. The minimum absolute atomic E-state index is 0.152. The van der Waals surface area contributed by atoms with Crippen LogP contribution in [0.4, 0.5) is 9.52 Å². The molecule has 0 aliphatic carbocycles. The molecule has 2 amide bonds. The Labute approximate surface area is 174 Å². The summed E-state index contributed by atoms with van der Waals surface area (Å²) in [5.41, 5.74) is 1.25. The van der Waals surface area contributed by atoms with Crippen molar-refractivity contribution in [3.8, 4) is 5.75 Å². The van der Waals surface area contributed by atoms with Crippen molar-refractivity contribution in [2.75, 3.05) is 18.2 Å². The van der Waals surface area contributed by atoms with Gasteiger partial charge in [0.15, 0.2) is 4.34 Å². The maximum atomic E-state index is 12.9. The van der Waals surface area contributed by atoms with E-state index in [0.717, 1.165) is 5.56 Å². The van der Waals surface area contributed by atoms with Crippen molar-refractivity contribution >= 4 is 40.0 Å². The molecule has 0 bridgehead atoms. The Balaban J connectivity index is 1.46. The highest BCUT2D eigenvalue weighted by molar-refractivity contribution is 8.01. The monoisotopic (exact) mass is 432 g/mol. The topological polar surface area (TPSA) is 93.2 Å². The van der Waals surface area contributed by atoms with E-state index >= 15 is 0 Å². The van der Waals surface area contributed by atoms with Crippen LogP contribution in [0.2, 0.25) is 0 Å². The molecule has 150 valence electrons. The molecule has 0 unspecified atom stereocenters. The number of methoxy groups -OCH3 is 1. The fourth-order valence-corrected chi connectivity index (χ4v) is 3.81. The van der Waals surface area contributed by atoms with E-state index in [9.17, 15) is 14.0 Å². The standard InChI is InChI=1S/C19H17FN4O3S2/c1-27-15-4-2-3-13(9-15)17(26)22-18-23-24-19(29-18)28-11-16(25)21-10-12-5-7-14(20)8-6-12/h2-9H,10-11H2,1H3,(H,21,25)(H,22,23,26). The molecule has 2 aromatic carbocycles. The predicted molar refractivity (Wildman–Crippen MR) is 110 cm³/mol.